The maximum Gasteiger partial charge on any atom is 0.247 e. The summed E-state index contributed by atoms with van der Waals surface area (Å²) in [4.78, 5) is 2.11. The topological polar surface area (TPSA) is 51.4 Å². The van der Waals surface area contributed by atoms with E-state index < -0.39 is 0 Å². The number of nitrogens with zero attached hydrogens (tertiary/aromatic N) is 3. The van der Waals surface area contributed by atoms with E-state index in [1.165, 1.54) is 0 Å². The van der Waals surface area contributed by atoms with Gasteiger partial charge in [0.15, 0.2) is 0 Å². The minimum absolute atomic E-state index is 0.497. The van der Waals surface area contributed by atoms with Gasteiger partial charge in [-0.05, 0) is 49.0 Å². The van der Waals surface area contributed by atoms with Gasteiger partial charge in [0, 0.05) is 17.1 Å². The zero-order valence-corrected chi connectivity index (χ0v) is 14.3. The largest absolute Gasteiger partial charge is 0.497 e. The van der Waals surface area contributed by atoms with E-state index in [0.717, 1.165) is 23.4 Å². The summed E-state index contributed by atoms with van der Waals surface area (Å²) in [6, 6.07) is 15.3. The molecule has 124 valence electrons. The van der Waals surface area contributed by atoms with E-state index in [1.54, 1.807) is 19.2 Å². The van der Waals surface area contributed by atoms with E-state index in [-0.39, 0.29) is 0 Å². The van der Waals surface area contributed by atoms with E-state index in [4.69, 9.17) is 20.8 Å². The summed E-state index contributed by atoms with van der Waals surface area (Å²) in [5, 5.41) is 8.89. The van der Waals surface area contributed by atoms with Crippen LogP contribution in [0.1, 0.15) is 11.5 Å². The average molecular weight is 344 g/mol. The van der Waals surface area contributed by atoms with Gasteiger partial charge in [-0.25, -0.2) is 0 Å². The van der Waals surface area contributed by atoms with Crippen LogP contribution in [0, 0.1) is 0 Å². The molecule has 0 aliphatic heterocycles. The molecule has 0 saturated heterocycles. The number of benzene rings is 2. The van der Waals surface area contributed by atoms with Crippen LogP contribution in [-0.4, -0.2) is 29.3 Å². The Hall–Kier alpha value is -2.37. The van der Waals surface area contributed by atoms with E-state index >= 15 is 0 Å². The number of hydrogen-bond donors (Lipinski definition) is 0. The monoisotopic (exact) mass is 343 g/mol. The van der Waals surface area contributed by atoms with Crippen molar-refractivity contribution in [3.05, 3.63) is 65.0 Å². The van der Waals surface area contributed by atoms with Gasteiger partial charge in [0.2, 0.25) is 11.8 Å². The standard InChI is InChI=1S/C18H18ClN3O2/c1-22(11-13-4-3-5-16(10-13)23-2)12-17-20-21-18(24-17)14-6-8-15(19)9-7-14/h3-10H,11-12H2,1-2H3. The normalized spacial score (nSPS) is 11.0. The summed E-state index contributed by atoms with van der Waals surface area (Å²) in [5.74, 6) is 1.92. The van der Waals surface area contributed by atoms with Gasteiger partial charge >= 0.3 is 0 Å². The fourth-order valence-corrected chi connectivity index (χ4v) is 2.52. The summed E-state index contributed by atoms with van der Waals surface area (Å²) < 4.78 is 11.0. The van der Waals surface area contributed by atoms with Crippen LogP contribution in [0.25, 0.3) is 11.5 Å². The first-order chi connectivity index (χ1) is 11.6. The molecule has 1 heterocycles. The van der Waals surface area contributed by atoms with E-state index in [2.05, 4.69) is 21.2 Å². The van der Waals surface area contributed by atoms with Gasteiger partial charge in [-0.3, -0.25) is 4.90 Å². The first-order valence-corrected chi connectivity index (χ1v) is 7.91. The second-order valence-corrected chi connectivity index (χ2v) is 5.97. The molecule has 3 aromatic rings. The smallest absolute Gasteiger partial charge is 0.247 e. The second kappa shape index (κ2) is 7.47. The lowest BCUT2D eigenvalue weighted by molar-refractivity contribution is 0.282. The Morgan fingerprint density at radius 1 is 1.08 bits per heavy atom. The Balaban J connectivity index is 1.64. The number of ether oxygens (including phenoxy) is 1. The lowest BCUT2D eigenvalue weighted by atomic mass is 10.2. The molecular formula is C18H18ClN3O2. The van der Waals surface area contributed by atoms with Crippen LogP contribution in [0.4, 0.5) is 0 Å². The maximum atomic E-state index is 5.89. The van der Waals surface area contributed by atoms with Gasteiger partial charge in [0.05, 0.1) is 13.7 Å². The summed E-state index contributed by atoms with van der Waals surface area (Å²) in [5.41, 5.74) is 2.02. The van der Waals surface area contributed by atoms with Crippen molar-refractivity contribution in [1.82, 2.24) is 15.1 Å². The molecule has 3 rings (SSSR count). The minimum atomic E-state index is 0.497. The Kier molecular flexibility index (Phi) is 5.13. The van der Waals surface area contributed by atoms with Crippen molar-refractivity contribution in [3.8, 4) is 17.2 Å². The fraction of sp³-hybridized carbons (Fsp3) is 0.222. The SMILES string of the molecule is COc1cccc(CN(C)Cc2nnc(-c3ccc(Cl)cc3)o2)c1. The molecule has 0 amide bonds. The molecule has 2 aromatic carbocycles. The van der Waals surface area contributed by atoms with E-state index in [1.807, 2.05) is 37.4 Å². The highest BCUT2D eigenvalue weighted by Gasteiger charge is 2.11. The molecule has 0 radical (unpaired) electrons. The molecule has 0 unspecified atom stereocenters. The Labute approximate surface area is 145 Å². The van der Waals surface area contributed by atoms with Gasteiger partial charge in [0.1, 0.15) is 5.75 Å². The molecule has 1 aromatic heterocycles. The summed E-state index contributed by atoms with van der Waals surface area (Å²) in [6.45, 7) is 1.33. The molecule has 0 bridgehead atoms. The van der Waals surface area contributed by atoms with Gasteiger partial charge in [-0.15, -0.1) is 10.2 Å². The zero-order valence-electron chi connectivity index (χ0n) is 13.6. The fourth-order valence-electron chi connectivity index (χ4n) is 2.40. The predicted molar refractivity (Wildman–Crippen MR) is 92.9 cm³/mol. The Morgan fingerprint density at radius 3 is 2.62 bits per heavy atom. The summed E-state index contributed by atoms with van der Waals surface area (Å²) in [6.07, 6.45) is 0. The van der Waals surface area contributed by atoms with Crippen LogP contribution in [0.15, 0.2) is 52.9 Å². The molecule has 6 heteroatoms. The maximum absolute atomic E-state index is 5.89. The van der Waals surface area contributed by atoms with E-state index in [9.17, 15) is 0 Å². The lowest BCUT2D eigenvalue weighted by Gasteiger charge is -2.14. The van der Waals surface area contributed by atoms with Crippen LogP contribution in [0.3, 0.4) is 0 Å². The summed E-state index contributed by atoms with van der Waals surface area (Å²) in [7, 11) is 3.67. The Bertz CT molecular complexity index is 802. The van der Waals surface area contributed by atoms with Crippen molar-refractivity contribution in [2.75, 3.05) is 14.2 Å². The molecule has 0 aliphatic carbocycles. The van der Waals surface area contributed by atoms with Gasteiger partial charge in [-0.2, -0.15) is 0 Å². The highest BCUT2D eigenvalue weighted by atomic mass is 35.5. The summed E-state index contributed by atoms with van der Waals surface area (Å²) >= 11 is 5.89. The highest BCUT2D eigenvalue weighted by molar-refractivity contribution is 6.30. The van der Waals surface area contributed by atoms with Crippen LogP contribution < -0.4 is 4.74 Å². The quantitative estimate of drug-likeness (QED) is 0.676. The molecule has 0 fully saturated rings. The zero-order chi connectivity index (χ0) is 16.9. The molecule has 0 atom stereocenters. The molecule has 0 N–H and O–H groups in total. The van der Waals surface area contributed by atoms with E-state index in [0.29, 0.717) is 23.3 Å². The molecule has 24 heavy (non-hydrogen) atoms. The third-order valence-electron chi connectivity index (χ3n) is 3.55. The van der Waals surface area contributed by atoms with Crippen molar-refractivity contribution >= 4 is 11.6 Å². The third-order valence-corrected chi connectivity index (χ3v) is 3.80. The predicted octanol–water partition coefficient (Wildman–Crippen LogP) is 4.03. The van der Waals surface area contributed by atoms with Crippen LogP contribution in [0.5, 0.6) is 5.75 Å². The van der Waals surface area contributed by atoms with Gasteiger partial charge in [-0.1, -0.05) is 23.7 Å². The number of rotatable bonds is 6. The molecule has 0 spiro atoms. The second-order valence-electron chi connectivity index (χ2n) is 5.53. The van der Waals surface area contributed by atoms with Crippen molar-refractivity contribution in [1.29, 1.82) is 0 Å². The number of methoxy groups -OCH3 is 1. The van der Waals surface area contributed by atoms with Crippen molar-refractivity contribution < 1.29 is 9.15 Å². The lowest BCUT2D eigenvalue weighted by Crippen LogP contribution is -2.17. The van der Waals surface area contributed by atoms with Crippen molar-refractivity contribution in [2.45, 2.75) is 13.1 Å². The van der Waals surface area contributed by atoms with Gasteiger partial charge < -0.3 is 9.15 Å². The van der Waals surface area contributed by atoms with Crippen molar-refractivity contribution in [2.24, 2.45) is 0 Å². The average Bonchev–Trinajstić information content (AvgIpc) is 3.04. The highest BCUT2D eigenvalue weighted by Crippen LogP contribution is 2.21. The van der Waals surface area contributed by atoms with Crippen LogP contribution >= 0.6 is 11.6 Å². The van der Waals surface area contributed by atoms with Crippen molar-refractivity contribution in [3.63, 3.8) is 0 Å². The number of aromatic nitrogens is 2. The van der Waals surface area contributed by atoms with Crippen LogP contribution in [-0.2, 0) is 13.1 Å². The first kappa shape index (κ1) is 16.5. The number of halogens is 1. The molecular weight excluding hydrogens is 326 g/mol. The minimum Gasteiger partial charge on any atom is -0.497 e. The first-order valence-electron chi connectivity index (χ1n) is 7.54. The molecule has 5 nitrogen and oxygen atoms in total. The van der Waals surface area contributed by atoms with Gasteiger partial charge in [0.25, 0.3) is 0 Å². The third kappa shape index (κ3) is 4.13. The number of hydrogen-bond acceptors (Lipinski definition) is 5. The van der Waals surface area contributed by atoms with Crippen LogP contribution in [0.2, 0.25) is 5.02 Å². The Morgan fingerprint density at radius 2 is 1.88 bits per heavy atom. The molecule has 0 aliphatic rings. The molecule has 0 saturated carbocycles.